The second-order valence-corrected chi connectivity index (χ2v) is 11.8. The maximum Gasteiger partial charge on any atom is 0.251 e. The average molecular weight is 598 g/mol. The lowest BCUT2D eigenvalue weighted by atomic mass is 9.98. The molecule has 9 nitrogen and oxygen atoms in total. The predicted molar refractivity (Wildman–Crippen MR) is 174 cm³/mol. The van der Waals surface area contributed by atoms with E-state index in [9.17, 15) is 19.5 Å². The van der Waals surface area contributed by atoms with E-state index >= 15 is 0 Å². The number of β-amino-alcohol motifs (C(OH)–C–C–N with tert-alkyl or cyclic N) is 1. The van der Waals surface area contributed by atoms with Gasteiger partial charge in [-0.05, 0) is 62.1 Å². The Hall–Kier alpha value is -4.47. The lowest BCUT2D eigenvalue weighted by Crippen LogP contribution is -2.51. The molecule has 0 saturated heterocycles. The second-order valence-electron chi connectivity index (χ2n) is 11.8. The Morgan fingerprint density at radius 1 is 0.932 bits per heavy atom. The van der Waals surface area contributed by atoms with Gasteiger partial charge in [-0.2, -0.15) is 0 Å². The molecule has 0 spiro atoms. The number of amides is 3. The number of H-pyrrole nitrogens is 1. The van der Waals surface area contributed by atoms with E-state index in [1.807, 2.05) is 93.7 Å². The van der Waals surface area contributed by atoms with E-state index in [0.717, 1.165) is 33.2 Å². The molecule has 4 aromatic rings. The lowest BCUT2D eigenvalue weighted by Gasteiger charge is -2.28. The van der Waals surface area contributed by atoms with Gasteiger partial charge in [0, 0.05) is 60.7 Å². The molecule has 0 saturated carbocycles. The monoisotopic (exact) mass is 597 g/mol. The van der Waals surface area contributed by atoms with Crippen LogP contribution in [-0.2, 0) is 22.6 Å². The Balaban J connectivity index is 1.46. The van der Waals surface area contributed by atoms with Gasteiger partial charge in [-0.1, -0.05) is 60.7 Å². The van der Waals surface area contributed by atoms with Gasteiger partial charge in [0.1, 0.15) is 6.04 Å². The summed E-state index contributed by atoms with van der Waals surface area (Å²) in [6, 6.07) is 22.3. The minimum atomic E-state index is -0.794. The number of aromatic nitrogens is 1. The van der Waals surface area contributed by atoms with Crippen molar-refractivity contribution in [1.29, 1.82) is 0 Å². The van der Waals surface area contributed by atoms with Gasteiger partial charge in [-0.25, -0.2) is 0 Å². The first-order valence-corrected chi connectivity index (χ1v) is 15.1. The molecule has 1 aromatic heterocycles. The first-order chi connectivity index (χ1) is 21.1. The lowest BCUT2D eigenvalue weighted by molar-refractivity contribution is -0.129. The summed E-state index contributed by atoms with van der Waals surface area (Å²) < 4.78 is 0. The summed E-state index contributed by atoms with van der Waals surface area (Å²) in [5.74, 6) is -0.669. The van der Waals surface area contributed by atoms with E-state index in [1.54, 1.807) is 13.0 Å². The highest BCUT2D eigenvalue weighted by Crippen LogP contribution is 2.24. The first kappa shape index (κ1) is 32.4. The Morgan fingerprint density at radius 2 is 1.64 bits per heavy atom. The summed E-state index contributed by atoms with van der Waals surface area (Å²) in [7, 11) is 0. The van der Waals surface area contributed by atoms with Crippen LogP contribution >= 0.6 is 0 Å². The van der Waals surface area contributed by atoms with Gasteiger partial charge < -0.3 is 31.4 Å². The van der Waals surface area contributed by atoms with Crippen molar-refractivity contribution >= 4 is 28.6 Å². The molecule has 232 valence electrons. The van der Waals surface area contributed by atoms with Crippen molar-refractivity contribution < 1.29 is 19.5 Å². The van der Waals surface area contributed by atoms with Crippen LogP contribution in [0.3, 0.4) is 0 Å². The first-order valence-electron chi connectivity index (χ1n) is 15.1. The van der Waals surface area contributed by atoms with Crippen molar-refractivity contribution in [1.82, 2.24) is 26.3 Å². The molecule has 44 heavy (non-hydrogen) atoms. The highest BCUT2D eigenvalue weighted by atomic mass is 16.3. The summed E-state index contributed by atoms with van der Waals surface area (Å²) in [6.07, 6.45) is 1.79. The quantitative estimate of drug-likeness (QED) is 0.130. The standard InChI is InChI=1S/C35H43N5O4/c1-5-36-33(43)29-12-7-6-10-27(29)25-16-14-24(15-17-25)21-38-34(44)31(18-26-22-37-30-13-9-8-11-28(26)30)40-32(42)19-35(3,4)39-20-23(2)41/h6-17,22-23,31,37,39,41H,5,18-21H2,1-4H3,(H,36,43)(H,38,44)(H,40,42). The number of nitrogens with one attached hydrogen (secondary N) is 5. The number of benzene rings is 3. The predicted octanol–water partition coefficient (Wildman–Crippen LogP) is 4.07. The van der Waals surface area contributed by atoms with Crippen molar-refractivity contribution in [2.75, 3.05) is 13.1 Å². The molecule has 0 bridgehead atoms. The van der Waals surface area contributed by atoms with Crippen molar-refractivity contribution in [2.24, 2.45) is 0 Å². The third-order valence-electron chi connectivity index (χ3n) is 7.47. The fraction of sp³-hybridized carbons (Fsp3) is 0.343. The summed E-state index contributed by atoms with van der Waals surface area (Å²) in [5.41, 5.74) is 4.56. The Bertz CT molecular complexity index is 1580. The van der Waals surface area contributed by atoms with Gasteiger partial charge >= 0.3 is 0 Å². The molecule has 4 rings (SSSR count). The molecule has 2 unspecified atom stereocenters. The number of fused-ring (bicyclic) bond motifs is 1. The molecule has 0 aliphatic rings. The number of carbonyl (C=O) groups excluding carboxylic acids is 3. The van der Waals surface area contributed by atoms with Crippen LogP contribution in [0.5, 0.6) is 0 Å². The van der Waals surface area contributed by atoms with Gasteiger partial charge in [0.2, 0.25) is 11.8 Å². The average Bonchev–Trinajstić information content (AvgIpc) is 3.41. The van der Waals surface area contributed by atoms with Crippen molar-refractivity contribution in [3.63, 3.8) is 0 Å². The van der Waals surface area contributed by atoms with Gasteiger partial charge in [0.25, 0.3) is 5.91 Å². The number of rotatable bonds is 14. The van der Waals surface area contributed by atoms with Gasteiger partial charge in [-0.3, -0.25) is 14.4 Å². The van der Waals surface area contributed by atoms with Crippen LogP contribution in [0.1, 0.15) is 55.6 Å². The van der Waals surface area contributed by atoms with E-state index < -0.39 is 17.7 Å². The third-order valence-corrected chi connectivity index (χ3v) is 7.47. The third kappa shape index (κ3) is 8.78. The normalized spacial score (nSPS) is 12.8. The zero-order valence-electron chi connectivity index (χ0n) is 25.9. The van der Waals surface area contributed by atoms with E-state index in [4.69, 9.17) is 0 Å². The van der Waals surface area contributed by atoms with Crippen LogP contribution in [-0.4, -0.2) is 58.6 Å². The van der Waals surface area contributed by atoms with Crippen molar-refractivity contribution in [2.45, 2.75) is 64.8 Å². The molecule has 0 radical (unpaired) electrons. The van der Waals surface area contributed by atoms with Crippen LogP contribution in [0.4, 0.5) is 0 Å². The Kier molecular flexibility index (Phi) is 10.9. The fourth-order valence-electron chi connectivity index (χ4n) is 5.17. The van der Waals surface area contributed by atoms with Crippen LogP contribution in [0.25, 0.3) is 22.0 Å². The molecule has 1 heterocycles. The minimum Gasteiger partial charge on any atom is -0.392 e. The summed E-state index contributed by atoms with van der Waals surface area (Å²) in [5, 5.41) is 22.7. The highest BCUT2D eigenvalue weighted by molar-refractivity contribution is 6.00. The van der Waals surface area contributed by atoms with Gasteiger partial charge in [0.15, 0.2) is 0 Å². The smallest absolute Gasteiger partial charge is 0.251 e. The molecule has 3 aromatic carbocycles. The molecule has 0 fully saturated rings. The van der Waals surface area contributed by atoms with Crippen LogP contribution < -0.4 is 21.3 Å². The number of hydrogen-bond donors (Lipinski definition) is 6. The summed E-state index contributed by atoms with van der Waals surface area (Å²) in [4.78, 5) is 42.5. The van der Waals surface area contributed by atoms with Crippen molar-refractivity contribution in [3.05, 3.63) is 95.7 Å². The van der Waals surface area contributed by atoms with E-state index in [1.165, 1.54) is 0 Å². The zero-order chi connectivity index (χ0) is 31.7. The number of carbonyl (C=O) groups is 3. The fourth-order valence-corrected chi connectivity index (χ4v) is 5.17. The summed E-state index contributed by atoms with van der Waals surface area (Å²) in [6.45, 7) is 8.53. The SMILES string of the molecule is CCNC(=O)c1ccccc1-c1ccc(CNC(=O)C(Cc2c[nH]c3ccccc23)NC(=O)CC(C)(C)NCC(C)O)cc1. The molecule has 2 atom stereocenters. The molecule has 6 N–H and O–H groups in total. The number of hydrogen-bond acceptors (Lipinski definition) is 5. The van der Waals surface area contributed by atoms with Crippen LogP contribution in [0, 0.1) is 0 Å². The number of para-hydroxylation sites is 1. The molecule has 3 amide bonds. The maximum atomic E-state index is 13.5. The van der Waals surface area contributed by atoms with Crippen LogP contribution in [0.15, 0.2) is 79.0 Å². The minimum absolute atomic E-state index is 0.121. The topological polar surface area (TPSA) is 135 Å². The zero-order valence-corrected chi connectivity index (χ0v) is 25.9. The second kappa shape index (κ2) is 14.8. The van der Waals surface area contributed by atoms with Gasteiger partial charge in [-0.15, -0.1) is 0 Å². The van der Waals surface area contributed by atoms with Crippen molar-refractivity contribution in [3.8, 4) is 11.1 Å². The maximum absolute atomic E-state index is 13.5. The molecular weight excluding hydrogens is 554 g/mol. The molecule has 0 aliphatic carbocycles. The van der Waals surface area contributed by atoms with Crippen LogP contribution in [0.2, 0.25) is 0 Å². The Morgan fingerprint density at radius 3 is 2.36 bits per heavy atom. The molecule has 9 heteroatoms. The summed E-state index contributed by atoms with van der Waals surface area (Å²) >= 11 is 0. The van der Waals surface area contributed by atoms with E-state index in [2.05, 4.69) is 26.3 Å². The molecular formula is C35H43N5O4. The largest absolute Gasteiger partial charge is 0.392 e. The number of aromatic amines is 1. The van der Waals surface area contributed by atoms with E-state index in [0.29, 0.717) is 25.1 Å². The Labute approximate surface area is 258 Å². The number of aliphatic hydroxyl groups is 1. The van der Waals surface area contributed by atoms with E-state index in [-0.39, 0.29) is 30.7 Å². The molecule has 0 aliphatic heterocycles. The highest BCUT2D eigenvalue weighted by Gasteiger charge is 2.27. The van der Waals surface area contributed by atoms with Gasteiger partial charge in [0.05, 0.1) is 6.10 Å². The number of aliphatic hydroxyl groups excluding tert-OH is 1.